The highest BCUT2D eigenvalue weighted by Crippen LogP contribution is 2.29. The van der Waals surface area contributed by atoms with E-state index >= 15 is 0 Å². The molecule has 0 aromatic carbocycles. The van der Waals surface area contributed by atoms with E-state index < -0.39 is 73.2 Å². The first-order valence-corrected chi connectivity index (χ1v) is 7.15. The summed E-state index contributed by atoms with van der Waals surface area (Å²) in [6.45, 7) is 3.66. The van der Waals surface area contributed by atoms with Crippen LogP contribution in [0.15, 0.2) is 0 Å². The molecule has 4 N–H and O–H groups in total. The predicted molar refractivity (Wildman–Crippen MR) is 88.0 cm³/mol. The Bertz CT molecular complexity index is 797. The van der Waals surface area contributed by atoms with Gasteiger partial charge in [-0.2, -0.15) is 5.26 Å². The molecule has 0 aliphatic heterocycles. The summed E-state index contributed by atoms with van der Waals surface area (Å²) >= 11 is 0. The summed E-state index contributed by atoms with van der Waals surface area (Å²) in [7, 11) is 0. The van der Waals surface area contributed by atoms with Gasteiger partial charge in [-0.3, -0.25) is 19.2 Å². The van der Waals surface area contributed by atoms with Crippen LogP contribution in [-0.2, 0) is 19.2 Å². The molecule has 0 bridgehead atoms. The first kappa shape index (κ1) is 21.6. The standard InChI is InChI=1S/C14H12N6O8/c1-16-12-14(20(5-10(25)26)6-11(27)28)17-7(2-15)13(18-12)19(3-8(21)22)4-9(23)24/h3-6H2,(H,21,22)(H,23,24)(H,25,26)(H,27,28). The molecule has 14 heteroatoms. The highest BCUT2D eigenvalue weighted by Gasteiger charge is 2.28. The van der Waals surface area contributed by atoms with Gasteiger partial charge in [0.15, 0.2) is 5.82 Å². The number of anilines is 2. The van der Waals surface area contributed by atoms with Crippen LogP contribution in [0.2, 0.25) is 0 Å². The molecule has 1 rings (SSSR count). The van der Waals surface area contributed by atoms with Crippen LogP contribution in [0.1, 0.15) is 5.69 Å². The molecule has 0 saturated heterocycles. The van der Waals surface area contributed by atoms with Crippen LogP contribution in [-0.4, -0.2) is 80.5 Å². The number of hydrogen-bond acceptors (Lipinski definition) is 9. The van der Waals surface area contributed by atoms with Crippen molar-refractivity contribution in [1.29, 1.82) is 5.26 Å². The zero-order valence-corrected chi connectivity index (χ0v) is 13.9. The van der Waals surface area contributed by atoms with E-state index in [0.29, 0.717) is 9.80 Å². The summed E-state index contributed by atoms with van der Waals surface area (Å²) in [5.74, 6) is -7.45. The van der Waals surface area contributed by atoms with Crippen LogP contribution < -0.4 is 9.80 Å². The molecule has 0 atom stereocenters. The fraction of sp³-hybridized carbons (Fsp3) is 0.286. The average molecular weight is 392 g/mol. The summed E-state index contributed by atoms with van der Waals surface area (Å²) in [4.78, 5) is 55.7. The molecule has 0 fully saturated rings. The SMILES string of the molecule is [C-]#[N+]c1nc(N(CC(=O)O)CC(=O)O)c(C#N)nc1N(CC(=O)O)CC(=O)O. The maximum Gasteiger partial charge on any atom is 0.323 e. The third-order valence-corrected chi connectivity index (χ3v) is 2.96. The van der Waals surface area contributed by atoms with Gasteiger partial charge in [0.2, 0.25) is 5.69 Å². The molecule has 146 valence electrons. The second-order valence-electron chi connectivity index (χ2n) is 5.05. The molecule has 14 nitrogen and oxygen atoms in total. The average Bonchev–Trinajstić information content (AvgIpc) is 2.57. The third kappa shape index (κ3) is 5.81. The van der Waals surface area contributed by atoms with Gasteiger partial charge in [-0.25, -0.2) is 4.98 Å². The number of aliphatic carboxylic acids is 4. The molecule has 0 amide bonds. The number of hydrogen-bond donors (Lipinski definition) is 4. The largest absolute Gasteiger partial charge is 0.480 e. The zero-order chi connectivity index (χ0) is 21.4. The summed E-state index contributed by atoms with van der Waals surface area (Å²) in [5.41, 5.74) is -0.606. The van der Waals surface area contributed by atoms with Crippen molar-refractivity contribution in [2.24, 2.45) is 0 Å². The minimum Gasteiger partial charge on any atom is -0.480 e. The molecule has 0 unspecified atom stereocenters. The zero-order valence-electron chi connectivity index (χ0n) is 13.9. The molecule has 0 saturated carbocycles. The second-order valence-corrected chi connectivity index (χ2v) is 5.05. The monoisotopic (exact) mass is 392 g/mol. The van der Waals surface area contributed by atoms with Gasteiger partial charge < -0.3 is 35.1 Å². The normalized spacial score (nSPS) is 9.64. The summed E-state index contributed by atoms with van der Waals surface area (Å²) in [6, 6.07) is 1.55. The maximum atomic E-state index is 11.0. The molecule has 0 aliphatic rings. The molecular weight excluding hydrogens is 380 g/mol. The summed E-state index contributed by atoms with van der Waals surface area (Å²) in [6.07, 6.45) is 0. The summed E-state index contributed by atoms with van der Waals surface area (Å²) < 4.78 is 0. The van der Waals surface area contributed by atoms with Gasteiger partial charge >= 0.3 is 29.7 Å². The molecule has 1 heterocycles. The number of carboxylic acid groups (broad SMARTS) is 4. The van der Waals surface area contributed by atoms with Crippen LogP contribution in [0.4, 0.5) is 17.5 Å². The Hall–Kier alpha value is -4.46. The van der Waals surface area contributed by atoms with Gasteiger partial charge in [0, 0.05) is 0 Å². The van der Waals surface area contributed by atoms with E-state index in [9.17, 15) is 24.4 Å². The summed E-state index contributed by atoms with van der Waals surface area (Å²) in [5, 5.41) is 45.0. The number of rotatable bonds is 10. The topological polar surface area (TPSA) is 210 Å². The van der Waals surface area contributed by atoms with Crippen LogP contribution in [0.25, 0.3) is 4.85 Å². The van der Waals surface area contributed by atoms with Crippen LogP contribution in [0.5, 0.6) is 0 Å². The Morgan fingerprint density at radius 3 is 1.57 bits per heavy atom. The fourth-order valence-corrected chi connectivity index (χ4v) is 2.06. The maximum absolute atomic E-state index is 11.0. The Kier molecular flexibility index (Phi) is 7.17. The first-order chi connectivity index (χ1) is 13.1. The fourth-order valence-electron chi connectivity index (χ4n) is 2.06. The Balaban J connectivity index is 3.60. The van der Waals surface area contributed by atoms with Gasteiger partial charge in [0.25, 0.3) is 5.82 Å². The van der Waals surface area contributed by atoms with E-state index in [1.54, 1.807) is 6.07 Å². The van der Waals surface area contributed by atoms with E-state index in [4.69, 9.17) is 27.0 Å². The molecule has 1 aromatic rings. The number of nitrogens with zero attached hydrogens (tertiary/aromatic N) is 6. The van der Waals surface area contributed by atoms with Crippen LogP contribution >= 0.6 is 0 Å². The lowest BCUT2D eigenvalue weighted by Crippen LogP contribution is -2.37. The highest BCUT2D eigenvalue weighted by molar-refractivity contribution is 5.83. The molecular formula is C14H12N6O8. The van der Waals surface area contributed by atoms with Gasteiger partial charge in [0.05, 0.1) is 0 Å². The molecule has 0 aliphatic carbocycles. The molecule has 1 aromatic heterocycles. The van der Waals surface area contributed by atoms with Crippen molar-refractivity contribution in [3.63, 3.8) is 0 Å². The van der Waals surface area contributed by atoms with Gasteiger partial charge in [-0.05, 0) is 0 Å². The van der Waals surface area contributed by atoms with Crippen LogP contribution in [0, 0.1) is 17.9 Å². The highest BCUT2D eigenvalue weighted by atomic mass is 16.4. The van der Waals surface area contributed by atoms with E-state index in [1.165, 1.54) is 0 Å². The smallest absolute Gasteiger partial charge is 0.323 e. The van der Waals surface area contributed by atoms with Crippen molar-refractivity contribution in [2.75, 3.05) is 36.0 Å². The van der Waals surface area contributed by atoms with Crippen molar-refractivity contribution in [1.82, 2.24) is 9.97 Å². The van der Waals surface area contributed by atoms with Crippen molar-refractivity contribution in [3.8, 4) is 6.07 Å². The van der Waals surface area contributed by atoms with Crippen molar-refractivity contribution in [3.05, 3.63) is 17.1 Å². The Morgan fingerprint density at radius 2 is 1.25 bits per heavy atom. The Labute approximate surface area is 156 Å². The van der Waals surface area contributed by atoms with E-state index in [0.717, 1.165) is 0 Å². The molecule has 0 radical (unpaired) electrons. The van der Waals surface area contributed by atoms with Crippen LogP contribution in [0.3, 0.4) is 0 Å². The number of carboxylic acids is 4. The van der Waals surface area contributed by atoms with Gasteiger partial charge in [0.1, 0.15) is 32.2 Å². The first-order valence-electron chi connectivity index (χ1n) is 7.15. The van der Waals surface area contributed by atoms with E-state index in [1.807, 2.05) is 0 Å². The molecule has 0 spiro atoms. The number of carbonyl (C=O) groups is 4. The van der Waals surface area contributed by atoms with E-state index in [-0.39, 0.29) is 0 Å². The third-order valence-electron chi connectivity index (χ3n) is 2.96. The lowest BCUT2D eigenvalue weighted by molar-refractivity contribution is -0.138. The lowest BCUT2D eigenvalue weighted by Gasteiger charge is -2.22. The number of aromatic nitrogens is 2. The van der Waals surface area contributed by atoms with E-state index in [2.05, 4.69) is 14.8 Å². The van der Waals surface area contributed by atoms with Crippen molar-refractivity contribution in [2.45, 2.75) is 0 Å². The second kappa shape index (κ2) is 9.30. The minimum atomic E-state index is -1.45. The van der Waals surface area contributed by atoms with Gasteiger partial charge in [-0.15, -0.1) is 0 Å². The quantitative estimate of drug-likeness (QED) is 0.347. The predicted octanol–water partition coefficient (Wildman–Crippen LogP) is -1.15. The number of nitriles is 1. The van der Waals surface area contributed by atoms with Crippen molar-refractivity contribution >= 4 is 41.3 Å². The lowest BCUT2D eigenvalue weighted by atomic mass is 10.3. The minimum absolute atomic E-state index is 0.521. The Morgan fingerprint density at radius 1 is 0.857 bits per heavy atom. The molecule has 28 heavy (non-hydrogen) atoms. The van der Waals surface area contributed by atoms with Crippen molar-refractivity contribution < 1.29 is 39.6 Å². The van der Waals surface area contributed by atoms with Gasteiger partial charge in [-0.1, -0.05) is 11.6 Å².